The predicted molar refractivity (Wildman–Crippen MR) is 91.0 cm³/mol. The standard InChI is InChI=1S/C18H26ClNO2/c1-3-4-9-22-17(21)11-14(12-18(2)7-8-18)13-5-6-15(19)16(20)10-13/h5-6,10,14H,3-4,7-9,11-12,20H2,1-2H3. The third kappa shape index (κ3) is 4.91. The van der Waals surface area contributed by atoms with E-state index < -0.39 is 0 Å². The number of ether oxygens (including phenoxy) is 1. The first-order valence-electron chi connectivity index (χ1n) is 8.14. The van der Waals surface area contributed by atoms with Crippen molar-refractivity contribution in [1.29, 1.82) is 0 Å². The summed E-state index contributed by atoms with van der Waals surface area (Å²) >= 11 is 6.00. The van der Waals surface area contributed by atoms with Crippen molar-refractivity contribution >= 4 is 23.3 Å². The van der Waals surface area contributed by atoms with E-state index in [4.69, 9.17) is 22.1 Å². The molecule has 0 spiro atoms. The number of carbonyl (C=O) groups excluding carboxylic acids is 1. The lowest BCUT2D eigenvalue weighted by Gasteiger charge is -2.21. The summed E-state index contributed by atoms with van der Waals surface area (Å²) < 4.78 is 5.33. The minimum atomic E-state index is -0.115. The summed E-state index contributed by atoms with van der Waals surface area (Å²) in [6.45, 7) is 4.88. The molecule has 0 heterocycles. The number of hydrogen-bond acceptors (Lipinski definition) is 3. The molecule has 22 heavy (non-hydrogen) atoms. The molecule has 0 aromatic heterocycles. The maximum absolute atomic E-state index is 12.1. The van der Waals surface area contributed by atoms with Crippen LogP contribution < -0.4 is 5.73 Å². The summed E-state index contributed by atoms with van der Waals surface area (Å²) in [5.74, 6) is 0.0393. The van der Waals surface area contributed by atoms with E-state index in [0.29, 0.717) is 29.2 Å². The van der Waals surface area contributed by atoms with Gasteiger partial charge in [0.2, 0.25) is 0 Å². The Morgan fingerprint density at radius 1 is 1.45 bits per heavy atom. The van der Waals surface area contributed by atoms with Crippen LogP contribution in [0.1, 0.15) is 63.9 Å². The fourth-order valence-corrected chi connectivity index (χ4v) is 2.84. The number of esters is 1. The molecule has 122 valence electrons. The lowest BCUT2D eigenvalue weighted by Crippen LogP contribution is -2.14. The van der Waals surface area contributed by atoms with Crippen LogP contribution in [0.2, 0.25) is 5.02 Å². The monoisotopic (exact) mass is 323 g/mol. The van der Waals surface area contributed by atoms with Crippen molar-refractivity contribution in [3.05, 3.63) is 28.8 Å². The molecule has 1 atom stereocenters. The summed E-state index contributed by atoms with van der Waals surface area (Å²) in [6.07, 6.45) is 5.83. The Labute approximate surface area is 138 Å². The Morgan fingerprint density at radius 3 is 2.77 bits per heavy atom. The third-order valence-corrected chi connectivity index (χ3v) is 4.85. The molecule has 2 N–H and O–H groups in total. The number of benzene rings is 1. The zero-order chi connectivity index (χ0) is 16.2. The molecule has 0 saturated heterocycles. The fourth-order valence-electron chi connectivity index (χ4n) is 2.73. The Kier molecular flexibility index (Phi) is 5.74. The van der Waals surface area contributed by atoms with Gasteiger partial charge in [0.1, 0.15) is 0 Å². The van der Waals surface area contributed by atoms with Gasteiger partial charge in [-0.15, -0.1) is 0 Å². The van der Waals surface area contributed by atoms with Crippen molar-refractivity contribution in [2.45, 2.75) is 58.3 Å². The quantitative estimate of drug-likeness (QED) is 0.419. The first-order valence-corrected chi connectivity index (χ1v) is 8.52. The molecule has 0 radical (unpaired) electrons. The van der Waals surface area contributed by atoms with Crippen molar-refractivity contribution < 1.29 is 9.53 Å². The summed E-state index contributed by atoms with van der Waals surface area (Å²) in [7, 11) is 0. The first-order chi connectivity index (χ1) is 10.4. The molecule has 3 nitrogen and oxygen atoms in total. The molecule has 1 aliphatic rings. The topological polar surface area (TPSA) is 52.3 Å². The number of nitrogens with two attached hydrogens (primary N) is 1. The van der Waals surface area contributed by atoms with Gasteiger partial charge in [0.05, 0.1) is 23.7 Å². The van der Waals surface area contributed by atoms with Crippen LogP contribution in [0.3, 0.4) is 0 Å². The Hall–Kier alpha value is -1.22. The molecule has 2 rings (SSSR count). The molecule has 4 heteroatoms. The van der Waals surface area contributed by atoms with Gasteiger partial charge in [0, 0.05) is 0 Å². The molecule has 0 bridgehead atoms. The highest BCUT2D eigenvalue weighted by Crippen LogP contribution is 2.52. The number of nitrogen functional groups attached to an aromatic ring is 1. The second-order valence-corrected chi connectivity index (χ2v) is 7.18. The van der Waals surface area contributed by atoms with E-state index in [1.54, 1.807) is 0 Å². The van der Waals surface area contributed by atoms with Crippen LogP contribution in [0, 0.1) is 5.41 Å². The van der Waals surface area contributed by atoms with Gasteiger partial charge in [0.15, 0.2) is 0 Å². The molecule has 1 aromatic rings. The van der Waals surface area contributed by atoms with Crippen molar-refractivity contribution in [2.75, 3.05) is 12.3 Å². The first kappa shape index (κ1) is 17.1. The van der Waals surface area contributed by atoms with Crippen molar-refractivity contribution in [3.8, 4) is 0 Å². The lowest BCUT2D eigenvalue weighted by molar-refractivity contribution is -0.144. The average molecular weight is 324 g/mol. The molecule has 1 saturated carbocycles. The third-order valence-electron chi connectivity index (χ3n) is 4.51. The molecular weight excluding hydrogens is 298 g/mol. The molecular formula is C18H26ClNO2. The zero-order valence-corrected chi connectivity index (χ0v) is 14.3. The number of unbranched alkanes of at least 4 members (excludes halogenated alkanes) is 1. The summed E-state index contributed by atoms with van der Waals surface area (Å²) in [4.78, 5) is 12.1. The van der Waals surface area contributed by atoms with Gasteiger partial charge in [-0.05, 0) is 54.7 Å². The van der Waals surface area contributed by atoms with Crippen LogP contribution in [-0.4, -0.2) is 12.6 Å². The second kappa shape index (κ2) is 7.36. The van der Waals surface area contributed by atoms with Crippen LogP contribution in [0.4, 0.5) is 5.69 Å². The van der Waals surface area contributed by atoms with Gasteiger partial charge < -0.3 is 10.5 Å². The van der Waals surface area contributed by atoms with Crippen molar-refractivity contribution in [2.24, 2.45) is 5.41 Å². The fraction of sp³-hybridized carbons (Fsp3) is 0.611. The molecule has 0 aliphatic heterocycles. The Morgan fingerprint density at radius 2 is 2.18 bits per heavy atom. The summed E-state index contributed by atoms with van der Waals surface area (Å²) in [5.41, 5.74) is 7.94. The summed E-state index contributed by atoms with van der Waals surface area (Å²) in [5, 5.41) is 0.561. The number of halogens is 1. The van der Waals surface area contributed by atoms with Gasteiger partial charge in [-0.2, -0.15) is 0 Å². The van der Waals surface area contributed by atoms with Crippen molar-refractivity contribution in [1.82, 2.24) is 0 Å². The normalized spacial score (nSPS) is 17.0. The van der Waals surface area contributed by atoms with Gasteiger partial charge in [-0.1, -0.05) is 37.9 Å². The van der Waals surface area contributed by atoms with E-state index >= 15 is 0 Å². The predicted octanol–water partition coefficient (Wildman–Crippen LogP) is 4.93. The molecule has 1 fully saturated rings. The molecule has 1 aliphatic carbocycles. The van der Waals surface area contributed by atoms with Crippen LogP contribution in [-0.2, 0) is 9.53 Å². The van der Waals surface area contributed by atoms with Gasteiger partial charge in [0.25, 0.3) is 0 Å². The molecule has 1 aromatic carbocycles. The highest BCUT2D eigenvalue weighted by molar-refractivity contribution is 6.33. The van der Waals surface area contributed by atoms with Crippen LogP contribution in [0.15, 0.2) is 18.2 Å². The SMILES string of the molecule is CCCCOC(=O)CC(CC1(C)CC1)c1ccc(Cl)c(N)c1. The van der Waals surface area contributed by atoms with Crippen LogP contribution in [0.25, 0.3) is 0 Å². The van der Waals surface area contributed by atoms with E-state index in [-0.39, 0.29) is 11.9 Å². The van der Waals surface area contributed by atoms with Crippen LogP contribution >= 0.6 is 11.6 Å². The highest BCUT2D eigenvalue weighted by Gasteiger charge is 2.40. The highest BCUT2D eigenvalue weighted by atomic mass is 35.5. The number of rotatable bonds is 8. The zero-order valence-electron chi connectivity index (χ0n) is 13.5. The number of anilines is 1. The summed E-state index contributed by atoms with van der Waals surface area (Å²) in [6, 6.07) is 5.70. The molecule has 0 amide bonds. The lowest BCUT2D eigenvalue weighted by atomic mass is 9.85. The van der Waals surface area contributed by atoms with Gasteiger partial charge in [-0.25, -0.2) is 0 Å². The maximum atomic E-state index is 12.1. The second-order valence-electron chi connectivity index (χ2n) is 6.77. The minimum absolute atomic E-state index is 0.115. The van der Waals surface area contributed by atoms with E-state index in [2.05, 4.69) is 13.8 Å². The van der Waals surface area contributed by atoms with Crippen LogP contribution in [0.5, 0.6) is 0 Å². The van der Waals surface area contributed by atoms with E-state index in [1.807, 2.05) is 18.2 Å². The molecule has 1 unspecified atom stereocenters. The van der Waals surface area contributed by atoms with E-state index in [9.17, 15) is 4.79 Å². The smallest absolute Gasteiger partial charge is 0.306 e. The number of hydrogen-bond donors (Lipinski definition) is 1. The Bertz CT molecular complexity index is 526. The Balaban J connectivity index is 2.05. The van der Waals surface area contributed by atoms with Gasteiger partial charge >= 0.3 is 5.97 Å². The van der Waals surface area contributed by atoms with E-state index in [1.165, 1.54) is 12.8 Å². The van der Waals surface area contributed by atoms with Gasteiger partial charge in [-0.3, -0.25) is 4.79 Å². The number of carbonyl (C=O) groups is 1. The minimum Gasteiger partial charge on any atom is -0.466 e. The van der Waals surface area contributed by atoms with Crippen molar-refractivity contribution in [3.63, 3.8) is 0 Å². The maximum Gasteiger partial charge on any atom is 0.306 e. The average Bonchev–Trinajstić information content (AvgIpc) is 3.19. The largest absolute Gasteiger partial charge is 0.466 e. The van der Waals surface area contributed by atoms with E-state index in [0.717, 1.165) is 24.8 Å².